The molecule has 0 radical (unpaired) electrons. The van der Waals surface area contributed by atoms with Gasteiger partial charge < -0.3 is 15.1 Å². The van der Waals surface area contributed by atoms with Crippen LogP contribution in [0.2, 0.25) is 0 Å². The van der Waals surface area contributed by atoms with Crippen molar-refractivity contribution < 1.29 is 9.59 Å². The summed E-state index contributed by atoms with van der Waals surface area (Å²) in [5.74, 6) is 0.429. The van der Waals surface area contributed by atoms with E-state index in [1.165, 1.54) is 0 Å². The van der Waals surface area contributed by atoms with Gasteiger partial charge >= 0.3 is 0 Å². The lowest BCUT2D eigenvalue weighted by atomic mass is 10.00. The maximum absolute atomic E-state index is 13.0. The van der Waals surface area contributed by atoms with Crippen LogP contribution in [-0.4, -0.2) is 71.3 Å². The lowest BCUT2D eigenvalue weighted by Crippen LogP contribution is -2.39. The summed E-state index contributed by atoms with van der Waals surface area (Å²) in [6.45, 7) is 5.14. The van der Waals surface area contributed by atoms with Crippen LogP contribution < -0.4 is 5.32 Å². The molecule has 0 aliphatic carbocycles. The Kier molecular flexibility index (Phi) is 6.11. The van der Waals surface area contributed by atoms with E-state index in [0.29, 0.717) is 23.7 Å². The van der Waals surface area contributed by atoms with Gasteiger partial charge in [-0.3, -0.25) is 14.0 Å². The van der Waals surface area contributed by atoms with Gasteiger partial charge in [0.05, 0.1) is 5.52 Å². The van der Waals surface area contributed by atoms with E-state index >= 15 is 0 Å². The number of pyridine rings is 1. The molecule has 3 heterocycles. The fourth-order valence-electron chi connectivity index (χ4n) is 3.56. The average molecular weight is 371 g/mol. The minimum absolute atomic E-state index is 0.0862. The molecule has 1 saturated heterocycles. The quantitative estimate of drug-likeness (QED) is 0.788. The van der Waals surface area contributed by atoms with Gasteiger partial charge in [0.2, 0.25) is 5.82 Å². The van der Waals surface area contributed by atoms with Crippen molar-refractivity contribution in [2.24, 2.45) is 5.92 Å². The molecule has 0 saturated carbocycles. The summed E-state index contributed by atoms with van der Waals surface area (Å²) in [7, 11) is 4.01. The normalized spacial score (nSPS) is 17.5. The van der Waals surface area contributed by atoms with Gasteiger partial charge in [0.25, 0.3) is 11.8 Å². The van der Waals surface area contributed by atoms with Gasteiger partial charge in [-0.05, 0) is 58.0 Å². The molecule has 7 heteroatoms. The highest BCUT2D eigenvalue weighted by Gasteiger charge is 2.27. The summed E-state index contributed by atoms with van der Waals surface area (Å²) in [6.07, 6.45) is 4.80. The van der Waals surface area contributed by atoms with Crippen molar-refractivity contribution >= 4 is 17.3 Å². The summed E-state index contributed by atoms with van der Waals surface area (Å²) in [4.78, 5) is 34.1. The molecule has 7 nitrogen and oxygen atoms in total. The zero-order valence-corrected chi connectivity index (χ0v) is 16.4. The third-order valence-electron chi connectivity index (χ3n) is 4.97. The number of hydrogen-bond donors (Lipinski definition) is 1. The number of carbonyl (C=O) groups excluding carboxylic acids is 2. The van der Waals surface area contributed by atoms with E-state index in [9.17, 15) is 9.59 Å². The van der Waals surface area contributed by atoms with Crippen LogP contribution in [0.3, 0.4) is 0 Å². The topological polar surface area (TPSA) is 70.0 Å². The van der Waals surface area contributed by atoms with E-state index in [1.54, 1.807) is 10.6 Å². The fourth-order valence-corrected chi connectivity index (χ4v) is 3.56. The Bertz CT molecular complexity index is 814. The van der Waals surface area contributed by atoms with Gasteiger partial charge in [0.15, 0.2) is 5.69 Å². The molecule has 2 amide bonds. The number of imidazole rings is 1. The van der Waals surface area contributed by atoms with Crippen LogP contribution in [0.25, 0.3) is 5.52 Å². The SMILES string of the molecule is CC1CCCN(C(=O)c2nc(C(=O)NCCCN(C)C)n3ccccc23)C1. The Morgan fingerprint density at radius 1 is 1.33 bits per heavy atom. The zero-order valence-electron chi connectivity index (χ0n) is 16.4. The predicted octanol–water partition coefficient (Wildman–Crippen LogP) is 1.89. The van der Waals surface area contributed by atoms with Gasteiger partial charge in [-0.2, -0.15) is 0 Å². The lowest BCUT2D eigenvalue weighted by molar-refractivity contribution is 0.0679. The molecule has 27 heavy (non-hydrogen) atoms. The van der Waals surface area contributed by atoms with Crippen molar-refractivity contribution in [3.05, 3.63) is 35.9 Å². The van der Waals surface area contributed by atoms with Gasteiger partial charge in [-0.25, -0.2) is 4.98 Å². The maximum atomic E-state index is 13.0. The molecular weight excluding hydrogens is 342 g/mol. The number of rotatable bonds is 6. The number of fused-ring (bicyclic) bond motifs is 1. The van der Waals surface area contributed by atoms with Crippen molar-refractivity contribution in [1.29, 1.82) is 0 Å². The van der Waals surface area contributed by atoms with Gasteiger partial charge in [-0.15, -0.1) is 0 Å². The number of nitrogens with one attached hydrogen (secondary N) is 1. The van der Waals surface area contributed by atoms with Gasteiger partial charge in [0, 0.05) is 25.8 Å². The summed E-state index contributed by atoms with van der Waals surface area (Å²) >= 11 is 0. The van der Waals surface area contributed by atoms with Crippen LogP contribution in [0.15, 0.2) is 24.4 Å². The number of amides is 2. The Labute approximate surface area is 160 Å². The van der Waals surface area contributed by atoms with Crippen LogP contribution in [0, 0.1) is 5.92 Å². The Balaban J connectivity index is 1.81. The Morgan fingerprint density at radius 2 is 2.15 bits per heavy atom. The fraction of sp³-hybridized carbons (Fsp3) is 0.550. The number of carbonyl (C=O) groups is 2. The molecule has 1 aliphatic heterocycles. The van der Waals surface area contributed by atoms with E-state index in [4.69, 9.17) is 0 Å². The summed E-state index contributed by atoms with van der Waals surface area (Å²) in [5.41, 5.74) is 1.04. The molecule has 2 aromatic heterocycles. The molecule has 2 aromatic rings. The van der Waals surface area contributed by atoms with Gasteiger partial charge in [-0.1, -0.05) is 13.0 Å². The van der Waals surface area contributed by atoms with E-state index in [1.807, 2.05) is 37.2 Å². The summed E-state index contributed by atoms with van der Waals surface area (Å²) in [5, 5.41) is 2.91. The Morgan fingerprint density at radius 3 is 2.89 bits per heavy atom. The molecule has 1 fully saturated rings. The number of hydrogen-bond acceptors (Lipinski definition) is 4. The van der Waals surface area contributed by atoms with Crippen LogP contribution in [0.4, 0.5) is 0 Å². The molecule has 1 atom stereocenters. The molecule has 0 bridgehead atoms. The van der Waals surface area contributed by atoms with Crippen molar-refractivity contribution in [2.45, 2.75) is 26.2 Å². The highest BCUT2D eigenvalue weighted by molar-refractivity contribution is 6.02. The molecular formula is C20H29N5O2. The standard InChI is InChI=1S/C20H29N5O2/c1-15-8-6-12-24(14-15)20(27)17-16-9-4-5-13-25(16)18(22-17)19(26)21-10-7-11-23(2)3/h4-5,9,13,15H,6-8,10-12,14H2,1-3H3,(H,21,26). The molecule has 1 unspecified atom stereocenters. The average Bonchev–Trinajstić information content (AvgIpc) is 3.04. The number of piperidine rings is 1. The first-order valence-electron chi connectivity index (χ1n) is 9.66. The second kappa shape index (κ2) is 8.52. The summed E-state index contributed by atoms with van der Waals surface area (Å²) in [6, 6.07) is 5.55. The van der Waals surface area contributed by atoms with Crippen molar-refractivity contribution in [1.82, 2.24) is 24.5 Å². The van der Waals surface area contributed by atoms with Gasteiger partial charge in [0.1, 0.15) is 0 Å². The first-order chi connectivity index (χ1) is 13.0. The molecule has 0 spiro atoms. The van der Waals surface area contributed by atoms with Crippen LogP contribution in [-0.2, 0) is 0 Å². The molecule has 1 aliphatic rings. The molecule has 1 N–H and O–H groups in total. The number of aromatic nitrogens is 2. The third kappa shape index (κ3) is 4.47. The molecule has 3 rings (SSSR count). The largest absolute Gasteiger partial charge is 0.349 e. The lowest BCUT2D eigenvalue weighted by Gasteiger charge is -2.30. The van der Waals surface area contributed by atoms with Crippen LogP contribution >= 0.6 is 0 Å². The maximum Gasteiger partial charge on any atom is 0.287 e. The first-order valence-corrected chi connectivity index (χ1v) is 9.66. The van der Waals surface area contributed by atoms with E-state index in [2.05, 4.69) is 22.1 Å². The summed E-state index contributed by atoms with van der Waals surface area (Å²) < 4.78 is 1.71. The zero-order chi connectivity index (χ0) is 19.4. The third-order valence-corrected chi connectivity index (χ3v) is 4.97. The van der Waals surface area contributed by atoms with Crippen molar-refractivity contribution in [3.8, 4) is 0 Å². The monoisotopic (exact) mass is 371 g/mol. The Hall–Kier alpha value is -2.41. The highest BCUT2D eigenvalue weighted by atomic mass is 16.2. The predicted molar refractivity (Wildman–Crippen MR) is 105 cm³/mol. The van der Waals surface area contributed by atoms with Crippen LogP contribution in [0.5, 0.6) is 0 Å². The second-order valence-electron chi connectivity index (χ2n) is 7.65. The highest BCUT2D eigenvalue weighted by Crippen LogP contribution is 2.20. The van der Waals surface area contributed by atoms with E-state index in [-0.39, 0.29) is 17.6 Å². The minimum Gasteiger partial charge on any atom is -0.349 e. The number of nitrogens with zero attached hydrogens (tertiary/aromatic N) is 4. The molecule has 0 aromatic carbocycles. The van der Waals surface area contributed by atoms with Crippen molar-refractivity contribution in [3.63, 3.8) is 0 Å². The second-order valence-corrected chi connectivity index (χ2v) is 7.65. The smallest absolute Gasteiger partial charge is 0.287 e. The van der Waals surface area contributed by atoms with Crippen molar-refractivity contribution in [2.75, 3.05) is 40.3 Å². The molecule has 146 valence electrons. The first kappa shape index (κ1) is 19.4. The van der Waals surface area contributed by atoms with E-state index in [0.717, 1.165) is 38.9 Å². The number of likely N-dealkylation sites (tertiary alicyclic amines) is 1. The van der Waals surface area contributed by atoms with Crippen LogP contribution in [0.1, 0.15) is 47.3 Å². The van der Waals surface area contributed by atoms with E-state index < -0.39 is 0 Å². The minimum atomic E-state index is -0.249.